The minimum atomic E-state index is 0.648. The molecule has 0 amide bonds. The van der Waals surface area contributed by atoms with Crippen LogP contribution in [0.15, 0.2) is 224 Å². The van der Waals surface area contributed by atoms with Gasteiger partial charge >= 0.3 is 0 Å². The van der Waals surface area contributed by atoms with E-state index < -0.39 is 0 Å². The van der Waals surface area contributed by atoms with Crippen molar-refractivity contribution >= 4 is 21.5 Å². The summed E-state index contributed by atoms with van der Waals surface area (Å²) in [6, 6.07) is 79.2. The average Bonchev–Trinajstić information content (AvgIpc) is 3.93. The van der Waals surface area contributed by atoms with Gasteiger partial charge in [0, 0.05) is 33.4 Å². The Balaban J connectivity index is 0.867. The lowest BCUT2D eigenvalue weighted by Crippen LogP contribution is -2.00. The van der Waals surface area contributed by atoms with E-state index in [1.807, 2.05) is 66.7 Å². The van der Waals surface area contributed by atoms with E-state index in [0.717, 1.165) is 66.7 Å². The van der Waals surface area contributed by atoms with Crippen molar-refractivity contribution < 1.29 is 0 Å². The van der Waals surface area contributed by atoms with Crippen LogP contribution >= 0.6 is 0 Å². The summed E-state index contributed by atoms with van der Waals surface area (Å²) in [5.74, 6) is 2.65. The molecule has 2 aliphatic carbocycles. The first-order valence-corrected chi connectivity index (χ1v) is 23.0. The highest BCUT2D eigenvalue weighted by Gasteiger charge is 2.26. The minimum absolute atomic E-state index is 0.648. The van der Waals surface area contributed by atoms with Gasteiger partial charge in [0.2, 0.25) is 0 Å². The van der Waals surface area contributed by atoms with E-state index in [2.05, 4.69) is 158 Å². The second-order valence-corrected chi connectivity index (χ2v) is 17.5. The maximum absolute atomic E-state index is 5.38. The van der Waals surface area contributed by atoms with Crippen molar-refractivity contribution in [2.45, 2.75) is 0 Å². The molecule has 0 N–H and O–H groups in total. The van der Waals surface area contributed by atoms with Crippen molar-refractivity contribution in [1.82, 2.24) is 24.9 Å². The third-order valence-electron chi connectivity index (χ3n) is 13.7. The molecule has 0 saturated heterocycles. The smallest absolute Gasteiger partial charge is 0.164 e. The highest BCUT2D eigenvalue weighted by Crippen LogP contribution is 2.51. The lowest BCUT2D eigenvalue weighted by Gasteiger charge is -2.13. The fraction of sp³-hybridized carbons (Fsp3) is 0. The molecule has 5 nitrogen and oxygen atoms in total. The van der Waals surface area contributed by atoms with E-state index in [9.17, 15) is 0 Å². The number of rotatable bonds is 7. The number of aromatic nitrogens is 5. The highest BCUT2D eigenvalue weighted by atomic mass is 15.0. The molecule has 2 aromatic heterocycles. The first-order valence-electron chi connectivity index (χ1n) is 23.0. The van der Waals surface area contributed by atoms with Gasteiger partial charge in [-0.05, 0) is 108 Å². The summed E-state index contributed by atoms with van der Waals surface area (Å²) in [4.78, 5) is 25.8. The Morgan fingerprint density at radius 2 is 0.574 bits per heavy atom. The monoisotopic (exact) mass is 863 g/mol. The van der Waals surface area contributed by atoms with E-state index in [0.29, 0.717) is 23.3 Å². The predicted octanol–water partition coefficient (Wildman–Crippen LogP) is 15.9. The van der Waals surface area contributed by atoms with E-state index >= 15 is 0 Å². The molecule has 0 aliphatic heterocycles. The number of hydrogen-bond donors (Lipinski definition) is 0. The van der Waals surface area contributed by atoms with Crippen LogP contribution in [-0.2, 0) is 0 Å². The second kappa shape index (κ2) is 15.2. The quantitative estimate of drug-likeness (QED) is 0.160. The maximum atomic E-state index is 5.38. The second-order valence-electron chi connectivity index (χ2n) is 17.5. The Hall–Kier alpha value is -9.19. The minimum Gasteiger partial charge on any atom is -0.228 e. The molecule has 0 radical (unpaired) electrons. The van der Waals surface area contributed by atoms with Crippen molar-refractivity contribution in [2.24, 2.45) is 0 Å². The van der Waals surface area contributed by atoms with Crippen molar-refractivity contribution in [3.63, 3.8) is 0 Å². The standard InChI is InChI=1S/C63H37N5/c1-4-15-38(16-5-1)56-37-57(65-62(64-56)53-33-31-51-45-24-11-10-23-44(45)47-25-13-27-49(53)58(47)51)43-22-12-21-41(35-43)42-29-30-46-48-26-14-28-50-54(34-32-52(59(48)50)55(46)36-42)63-67-60(39-17-6-2-7-18-39)66-61(68-63)40-19-8-3-9-20-40/h1-37H. The Bertz CT molecular complexity index is 3930. The van der Waals surface area contributed by atoms with Gasteiger partial charge in [-0.25, -0.2) is 24.9 Å². The van der Waals surface area contributed by atoms with Gasteiger partial charge in [0.1, 0.15) is 0 Å². The predicted molar refractivity (Wildman–Crippen MR) is 277 cm³/mol. The van der Waals surface area contributed by atoms with Gasteiger partial charge < -0.3 is 0 Å². The summed E-state index contributed by atoms with van der Waals surface area (Å²) in [7, 11) is 0. The Kier molecular flexibility index (Phi) is 8.52. The van der Waals surface area contributed by atoms with Crippen molar-refractivity contribution in [2.75, 3.05) is 0 Å². The van der Waals surface area contributed by atoms with E-state index in [1.54, 1.807) is 0 Å². The summed E-state index contributed by atoms with van der Waals surface area (Å²) in [6.07, 6.45) is 0. The van der Waals surface area contributed by atoms with Gasteiger partial charge in [0.05, 0.1) is 11.4 Å². The van der Waals surface area contributed by atoms with Gasteiger partial charge in [0.25, 0.3) is 0 Å². The van der Waals surface area contributed by atoms with Gasteiger partial charge in [0.15, 0.2) is 23.3 Å². The van der Waals surface area contributed by atoms with Gasteiger partial charge in [-0.2, -0.15) is 0 Å². The summed E-state index contributed by atoms with van der Waals surface area (Å²) in [6.45, 7) is 0. The molecule has 0 fully saturated rings. The molecule has 0 atom stereocenters. The van der Waals surface area contributed by atoms with Gasteiger partial charge in [-0.15, -0.1) is 0 Å². The van der Waals surface area contributed by atoms with Crippen LogP contribution in [0.3, 0.4) is 0 Å². The zero-order valence-corrected chi connectivity index (χ0v) is 36.6. The molecule has 12 aromatic rings. The van der Waals surface area contributed by atoms with Crippen molar-refractivity contribution in [3.8, 4) is 124 Å². The number of fused-ring (bicyclic) bond motifs is 6. The molecule has 314 valence electrons. The maximum Gasteiger partial charge on any atom is 0.164 e. The Morgan fingerprint density at radius 3 is 1.18 bits per heavy atom. The van der Waals surface area contributed by atoms with Crippen LogP contribution in [0.5, 0.6) is 0 Å². The summed E-state index contributed by atoms with van der Waals surface area (Å²) < 4.78 is 0. The summed E-state index contributed by atoms with van der Waals surface area (Å²) in [5, 5.41) is 4.74. The molecule has 5 heteroatoms. The highest BCUT2D eigenvalue weighted by molar-refractivity contribution is 6.20. The fourth-order valence-electron chi connectivity index (χ4n) is 10.5. The van der Waals surface area contributed by atoms with Crippen LogP contribution in [0.1, 0.15) is 0 Å². The molecule has 0 saturated carbocycles. The molecule has 2 heterocycles. The molecule has 10 aromatic carbocycles. The lowest BCUT2D eigenvalue weighted by atomic mass is 9.95. The van der Waals surface area contributed by atoms with Crippen molar-refractivity contribution in [3.05, 3.63) is 224 Å². The van der Waals surface area contributed by atoms with Crippen LogP contribution in [0.25, 0.3) is 145 Å². The third-order valence-corrected chi connectivity index (χ3v) is 13.7. The van der Waals surface area contributed by atoms with Crippen LogP contribution in [-0.4, -0.2) is 24.9 Å². The molecule has 2 aliphatic rings. The zero-order valence-electron chi connectivity index (χ0n) is 36.6. The van der Waals surface area contributed by atoms with Crippen LogP contribution in [0, 0.1) is 0 Å². The molecule has 0 bridgehead atoms. The Labute approximate surface area is 392 Å². The van der Waals surface area contributed by atoms with Crippen LogP contribution < -0.4 is 0 Å². The molecule has 0 unspecified atom stereocenters. The first-order chi connectivity index (χ1) is 33.7. The largest absolute Gasteiger partial charge is 0.228 e. The zero-order chi connectivity index (χ0) is 44.7. The van der Waals surface area contributed by atoms with E-state index in [-0.39, 0.29) is 0 Å². The SMILES string of the molecule is c1ccc(-c2cc(-c3cccc(-c4ccc5c(c4)-c4ccc(-c6nc(-c7ccccc7)nc(-c7ccccc7)n6)c6cccc-5c46)c3)nc(-c3ccc4c5c(cccc35)-c3ccccc3-4)n2)cc1. The molecular formula is C63H37N5. The Morgan fingerprint density at radius 1 is 0.191 bits per heavy atom. The van der Waals surface area contributed by atoms with Crippen LogP contribution in [0.2, 0.25) is 0 Å². The van der Waals surface area contributed by atoms with Gasteiger partial charge in [-0.1, -0.05) is 194 Å². The average molecular weight is 864 g/mol. The number of nitrogens with zero attached hydrogens (tertiary/aromatic N) is 5. The summed E-state index contributed by atoms with van der Waals surface area (Å²) in [5.41, 5.74) is 19.9. The fourth-order valence-corrected chi connectivity index (χ4v) is 10.5. The van der Waals surface area contributed by atoms with E-state index in [4.69, 9.17) is 24.9 Å². The topological polar surface area (TPSA) is 64.5 Å². The lowest BCUT2D eigenvalue weighted by molar-refractivity contribution is 1.08. The molecular weight excluding hydrogens is 827 g/mol. The normalized spacial score (nSPS) is 11.8. The van der Waals surface area contributed by atoms with Crippen molar-refractivity contribution in [1.29, 1.82) is 0 Å². The molecule has 68 heavy (non-hydrogen) atoms. The van der Waals surface area contributed by atoms with E-state index in [1.165, 1.54) is 55.3 Å². The number of benzene rings is 10. The molecule has 14 rings (SSSR count). The van der Waals surface area contributed by atoms with Crippen LogP contribution in [0.4, 0.5) is 0 Å². The third kappa shape index (κ3) is 6.06. The number of hydrogen-bond acceptors (Lipinski definition) is 5. The van der Waals surface area contributed by atoms with Gasteiger partial charge in [-0.3, -0.25) is 0 Å². The molecule has 0 spiro atoms. The first kappa shape index (κ1) is 38.1. The summed E-state index contributed by atoms with van der Waals surface area (Å²) >= 11 is 0.